The lowest BCUT2D eigenvalue weighted by Crippen LogP contribution is -2.18. The third-order valence-electron chi connectivity index (χ3n) is 4.03. The number of benzene rings is 2. The molecule has 7 nitrogen and oxygen atoms in total. The van der Waals surface area contributed by atoms with Gasteiger partial charge in [0.2, 0.25) is 0 Å². The smallest absolute Gasteiger partial charge is 0.275 e. The molecule has 0 spiro atoms. The number of hydrazone groups is 1. The van der Waals surface area contributed by atoms with Crippen LogP contribution in [-0.2, 0) is 0 Å². The fourth-order valence-electron chi connectivity index (χ4n) is 2.64. The van der Waals surface area contributed by atoms with Crippen molar-refractivity contribution in [3.8, 4) is 17.2 Å². The maximum Gasteiger partial charge on any atom is 0.275 e. The standard InChI is InChI=1S/C20H18ClN3O4/c1-26-13-9-16-15(18(10-13)28-3)8-12(19(21)23-16)11-22-24-20(25)14-6-4-5-7-17(14)27-2/h4-11H,1-3H3,(H,24,25)/b22-11+. The maximum absolute atomic E-state index is 12.3. The largest absolute Gasteiger partial charge is 0.497 e. The van der Waals surface area contributed by atoms with Gasteiger partial charge in [-0.05, 0) is 18.2 Å². The van der Waals surface area contributed by atoms with Gasteiger partial charge in [0, 0.05) is 23.1 Å². The van der Waals surface area contributed by atoms with E-state index in [0.29, 0.717) is 33.9 Å². The molecule has 0 aliphatic rings. The molecule has 1 amide bonds. The van der Waals surface area contributed by atoms with Gasteiger partial charge in [0.1, 0.15) is 22.4 Å². The van der Waals surface area contributed by atoms with Gasteiger partial charge in [-0.3, -0.25) is 4.79 Å². The van der Waals surface area contributed by atoms with Crippen molar-refractivity contribution < 1.29 is 19.0 Å². The van der Waals surface area contributed by atoms with Crippen LogP contribution in [0, 0.1) is 0 Å². The number of hydrogen-bond donors (Lipinski definition) is 1. The molecule has 0 atom stereocenters. The number of rotatable bonds is 6. The molecule has 1 heterocycles. The third kappa shape index (κ3) is 3.99. The molecule has 3 aromatic rings. The van der Waals surface area contributed by atoms with Crippen LogP contribution in [0.2, 0.25) is 5.15 Å². The molecular weight excluding hydrogens is 382 g/mol. The van der Waals surface area contributed by atoms with E-state index in [2.05, 4.69) is 15.5 Å². The molecule has 2 aromatic carbocycles. The number of nitrogens with zero attached hydrogens (tertiary/aromatic N) is 2. The first-order valence-corrected chi connectivity index (χ1v) is 8.64. The summed E-state index contributed by atoms with van der Waals surface area (Å²) in [6, 6.07) is 12.2. The number of fused-ring (bicyclic) bond motifs is 1. The van der Waals surface area contributed by atoms with Crippen LogP contribution in [0.3, 0.4) is 0 Å². The Kier molecular flexibility index (Phi) is 5.96. The van der Waals surface area contributed by atoms with Gasteiger partial charge < -0.3 is 14.2 Å². The molecule has 0 aliphatic heterocycles. The number of halogens is 1. The van der Waals surface area contributed by atoms with Gasteiger partial charge in [0.25, 0.3) is 5.91 Å². The Balaban J connectivity index is 1.87. The van der Waals surface area contributed by atoms with E-state index in [9.17, 15) is 4.79 Å². The van der Waals surface area contributed by atoms with Crippen LogP contribution in [0.5, 0.6) is 17.2 Å². The highest BCUT2D eigenvalue weighted by Gasteiger charge is 2.12. The van der Waals surface area contributed by atoms with Gasteiger partial charge in [-0.1, -0.05) is 23.7 Å². The van der Waals surface area contributed by atoms with Crippen molar-refractivity contribution in [3.05, 3.63) is 58.7 Å². The van der Waals surface area contributed by atoms with Crippen molar-refractivity contribution in [3.63, 3.8) is 0 Å². The van der Waals surface area contributed by atoms with Crippen molar-refractivity contribution in [2.45, 2.75) is 0 Å². The van der Waals surface area contributed by atoms with E-state index >= 15 is 0 Å². The molecule has 0 fully saturated rings. The summed E-state index contributed by atoms with van der Waals surface area (Å²) in [5, 5.41) is 4.96. The average Bonchev–Trinajstić information content (AvgIpc) is 2.73. The number of amides is 1. The zero-order valence-corrected chi connectivity index (χ0v) is 16.3. The third-order valence-corrected chi connectivity index (χ3v) is 4.33. The fourth-order valence-corrected chi connectivity index (χ4v) is 2.83. The highest BCUT2D eigenvalue weighted by molar-refractivity contribution is 6.32. The minimum atomic E-state index is -0.402. The molecule has 1 N–H and O–H groups in total. The molecule has 0 bridgehead atoms. The summed E-state index contributed by atoms with van der Waals surface area (Å²) in [5.41, 5.74) is 3.98. The number of methoxy groups -OCH3 is 3. The predicted octanol–water partition coefficient (Wildman–Crippen LogP) is 3.68. The van der Waals surface area contributed by atoms with Crippen LogP contribution in [0.25, 0.3) is 10.9 Å². The highest BCUT2D eigenvalue weighted by atomic mass is 35.5. The summed E-state index contributed by atoms with van der Waals surface area (Å²) >= 11 is 6.26. The van der Waals surface area contributed by atoms with Crippen molar-refractivity contribution >= 4 is 34.6 Å². The van der Waals surface area contributed by atoms with Crippen LogP contribution in [0.1, 0.15) is 15.9 Å². The molecule has 0 aliphatic carbocycles. The van der Waals surface area contributed by atoms with Crippen LogP contribution in [-0.4, -0.2) is 38.4 Å². The summed E-state index contributed by atoms with van der Waals surface area (Å²) in [5.74, 6) is 1.25. The number of carbonyl (C=O) groups is 1. The van der Waals surface area contributed by atoms with Gasteiger partial charge in [0.05, 0.1) is 38.6 Å². The van der Waals surface area contributed by atoms with Crippen LogP contribution in [0.4, 0.5) is 0 Å². The minimum Gasteiger partial charge on any atom is -0.497 e. The molecule has 8 heteroatoms. The molecular formula is C20H18ClN3O4. The fraction of sp³-hybridized carbons (Fsp3) is 0.150. The second kappa shape index (κ2) is 8.58. The van der Waals surface area contributed by atoms with Crippen LogP contribution < -0.4 is 19.6 Å². The molecule has 0 saturated carbocycles. The number of pyridine rings is 1. The Morgan fingerprint density at radius 3 is 2.54 bits per heavy atom. The number of ether oxygens (including phenoxy) is 3. The molecule has 1 aromatic heterocycles. The van der Waals surface area contributed by atoms with Crippen molar-refractivity contribution in [2.75, 3.05) is 21.3 Å². The number of nitrogens with one attached hydrogen (secondary N) is 1. The van der Waals surface area contributed by atoms with Crippen molar-refractivity contribution in [2.24, 2.45) is 5.10 Å². The van der Waals surface area contributed by atoms with E-state index in [1.54, 1.807) is 56.7 Å². The first-order valence-electron chi connectivity index (χ1n) is 8.26. The number of aromatic nitrogens is 1. The van der Waals surface area contributed by atoms with E-state index in [-0.39, 0.29) is 5.15 Å². The maximum atomic E-state index is 12.3. The second-order valence-electron chi connectivity index (χ2n) is 5.66. The lowest BCUT2D eigenvalue weighted by molar-refractivity contribution is 0.0952. The summed E-state index contributed by atoms with van der Waals surface area (Å²) < 4.78 is 15.8. The van der Waals surface area contributed by atoms with Gasteiger partial charge in [-0.25, -0.2) is 10.4 Å². The first kappa shape index (κ1) is 19.4. The Morgan fingerprint density at radius 1 is 1.07 bits per heavy atom. The Bertz CT molecular complexity index is 1050. The normalized spacial score (nSPS) is 10.9. The summed E-state index contributed by atoms with van der Waals surface area (Å²) in [6.07, 6.45) is 1.42. The quantitative estimate of drug-likeness (QED) is 0.388. The monoisotopic (exact) mass is 399 g/mol. The Hall–Kier alpha value is -3.32. The van der Waals surface area contributed by atoms with Crippen LogP contribution >= 0.6 is 11.6 Å². The number of hydrogen-bond acceptors (Lipinski definition) is 6. The van der Waals surface area contributed by atoms with Gasteiger partial charge in [0.15, 0.2) is 0 Å². The SMILES string of the molecule is COc1cc(OC)c2cc(/C=N/NC(=O)c3ccccc3OC)c(Cl)nc2c1. The summed E-state index contributed by atoms with van der Waals surface area (Å²) in [6.45, 7) is 0. The Labute approximate surface area is 166 Å². The van der Waals surface area contributed by atoms with Gasteiger partial charge in [-0.15, -0.1) is 0 Å². The zero-order chi connectivity index (χ0) is 20.1. The molecule has 0 saturated heterocycles. The van der Waals surface area contributed by atoms with Gasteiger partial charge in [-0.2, -0.15) is 5.10 Å². The Morgan fingerprint density at radius 2 is 1.82 bits per heavy atom. The minimum absolute atomic E-state index is 0.234. The predicted molar refractivity (Wildman–Crippen MR) is 108 cm³/mol. The lowest BCUT2D eigenvalue weighted by Gasteiger charge is -2.10. The molecule has 3 rings (SSSR count). The lowest BCUT2D eigenvalue weighted by atomic mass is 10.1. The van der Waals surface area contributed by atoms with E-state index < -0.39 is 5.91 Å². The summed E-state index contributed by atoms with van der Waals surface area (Å²) in [7, 11) is 4.62. The summed E-state index contributed by atoms with van der Waals surface area (Å²) in [4.78, 5) is 16.7. The van der Waals surface area contributed by atoms with E-state index in [1.165, 1.54) is 13.3 Å². The second-order valence-corrected chi connectivity index (χ2v) is 6.02. The number of carbonyl (C=O) groups excluding carboxylic acids is 1. The van der Waals surface area contributed by atoms with E-state index in [4.69, 9.17) is 25.8 Å². The van der Waals surface area contributed by atoms with Gasteiger partial charge >= 0.3 is 0 Å². The highest BCUT2D eigenvalue weighted by Crippen LogP contribution is 2.32. The molecule has 0 radical (unpaired) electrons. The molecule has 0 unspecified atom stereocenters. The molecule has 28 heavy (non-hydrogen) atoms. The topological polar surface area (TPSA) is 82.0 Å². The number of para-hydroxylation sites is 1. The van der Waals surface area contributed by atoms with Crippen molar-refractivity contribution in [1.29, 1.82) is 0 Å². The van der Waals surface area contributed by atoms with Crippen molar-refractivity contribution in [1.82, 2.24) is 10.4 Å². The van der Waals surface area contributed by atoms with E-state index in [0.717, 1.165) is 5.39 Å². The average molecular weight is 400 g/mol. The zero-order valence-electron chi connectivity index (χ0n) is 15.5. The first-order chi connectivity index (χ1) is 13.6. The van der Waals surface area contributed by atoms with E-state index in [1.807, 2.05) is 0 Å². The van der Waals surface area contributed by atoms with Crippen LogP contribution in [0.15, 0.2) is 47.6 Å². The molecule has 144 valence electrons.